The van der Waals surface area contributed by atoms with Crippen molar-refractivity contribution in [1.29, 1.82) is 0 Å². The molecule has 3 aromatic carbocycles. The number of hydrogen-bond donors (Lipinski definition) is 0. The Balaban J connectivity index is 1.24. The molecule has 0 amide bonds. The second-order valence-corrected chi connectivity index (χ2v) is 11.5. The molecule has 1 aliphatic rings. The van der Waals surface area contributed by atoms with Gasteiger partial charge in [0.1, 0.15) is 11.5 Å². The Morgan fingerprint density at radius 2 is 0.906 bits per heavy atom. The number of hydrogen-bond acceptors (Lipinski definition) is 12. The number of alkyl halides is 2. The Labute approximate surface area is 305 Å². The third kappa shape index (κ3) is 13.0. The first-order chi connectivity index (χ1) is 25.6. The van der Waals surface area contributed by atoms with Crippen LogP contribution in [0.4, 0.5) is 8.78 Å². The zero-order chi connectivity index (χ0) is 38.1. The van der Waals surface area contributed by atoms with Gasteiger partial charge in [-0.2, -0.15) is 0 Å². The highest BCUT2D eigenvalue weighted by Crippen LogP contribution is 2.52. The zero-order valence-electron chi connectivity index (χ0n) is 29.0. The topological polar surface area (TPSA) is 142 Å². The zero-order valence-corrected chi connectivity index (χ0v) is 29.0. The van der Waals surface area contributed by atoms with Crippen LogP contribution < -0.4 is 28.4 Å². The van der Waals surface area contributed by atoms with Gasteiger partial charge in [0.25, 0.3) is 0 Å². The number of fused-ring (bicyclic) bond motifs is 1. The van der Waals surface area contributed by atoms with Crippen molar-refractivity contribution in [3.8, 4) is 34.5 Å². The summed E-state index contributed by atoms with van der Waals surface area (Å²) in [5, 5.41) is 0. The summed E-state index contributed by atoms with van der Waals surface area (Å²) < 4.78 is 69.6. The van der Waals surface area contributed by atoms with E-state index >= 15 is 0 Å². The Kier molecular flexibility index (Phi) is 15.2. The second kappa shape index (κ2) is 20.2. The van der Waals surface area contributed by atoms with Crippen molar-refractivity contribution in [3.63, 3.8) is 0 Å². The van der Waals surface area contributed by atoms with Gasteiger partial charge in [0.15, 0.2) is 11.5 Å². The van der Waals surface area contributed by atoms with Crippen LogP contribution in [0, 0.1) is 0 Å². The van der Waals surface area contributed by atoms with Gasteiger partial charge in [-0.3, -0.25) is 0 Å². The number of esters is 4. The molecule has 12 nitrogen and oxygen atoms in total. The highest BCUT2D eigenvalue weighted by molar-refractivity contribution is 5.93. The van der Waals surface area contributed by atoms with Crippen LogP contribution in [-0.4, -0.2) is 56.6 Å². The molecule has 0 saturated carbocycles. The van der Waals surface area contributed by atoms with Crippen LogP contribution >= 0.6 is 0 Å². The molecule has 14 heteroatoms. The summed E-state index contributed by atoms with van der Waals surface area (Å²) in [6.45, 7) is 8.22. The Morgan fingerprint density at radius 3 is 1.26 bits per heavy atom. The molecule has 0 N–H and O–H groups in total. The lowest BCUT2D eigenvalue weighted by Gasteiger charge is -2.11. The van der Waals surface area contributed by atoms with Crippen molar-refractivity contribution < 1.29 is 65.9 Å². The standard InChI is InChI=1S/C39H40F2O12/c1-3-33(42)48-25-11-7-5-9-23-46-29-17-13-27(14-18-29)37(44)50-31-21-22-32(36-35(31)52-39(40,41)53-36)51-38(45)28-15-19-30(20-16-28)47-24-10-6-8-12-26-49-34(43)4-2/h3-4,13-22H,1-2,5-12,23-26H2. The first-order valence-corrected chi connectivity index (χ1v) is 17.0. The largest absolute Gasteiger partial charge is 0.586 e. The normalized spacial score (nSPS) is 12.3. The first-order valence-electron chi connectivity index (χ1n) is 17.0. The highest BCUT2D eigenvalue weighted by atomic mass is 19.3. The highest BCUT2D eigenvalue weighted by Gasteiger charge is 2.47. The molecule has 0 unspecified atom stereocenters. The van der Waals surface area contributed by atoms with Gasteiger partial charge in [0.05, 0.1) is 37.6 Å². The van der Waals surface area contributed by atoms with Gasteiger partial charge in [-0.1, -0.05) is 13.2 Å². The van der Waals surface area contributed by atoms with Gasteiger partial charge in [-0.05, 0) is 112 Å². The molecule has 53 heavy (non-hydrogen) atoms. The maximum atomic E-state index is 14.2. The second-order valence-electron chi connectivity index (χ2n) is 11.5. The van der Waals surface area contributed by atoms with E-state index < -0.39 is 41.7 Å². The summed E-state index contributed by atoms with van der Waals surface area (Å²) in [6.07, 6.45) is 4.60. The van der Waals surface area contributed by atoms with Crippen LogP contribution in [0.2, 0.25) is 0 Å². The molecule has 0 fully saturated rings. The van der Waals surface area contributed by atoms with E-state index in [2.05, 4.69) is 22.6 Å². The maximum Gasteiger partial charge on any atom is 0.586 e. The van der Waals surface area contributed by atoms with Crippen molar-refractivity contribution in [3.05, 3.63) is 97.1 Å². The lowest BCUT2D eigenvalue weighted by Crippen LogP contribution is -2.26. The fraction of sp³-hybridized carbons (Fsp3) is 0.333. The predicted molar refractivity (Wildman–Crippen MR) is 186 cm³/mol. The van der Waals surface area contributed by atoms with Crippen LogP contribution in [0.1, 0.15) is 72.1 Å². The number of unbranched alkanes of at least 4 members (excludes halogenated alkanes) is 6. The van der Waals surface area contributed by atoms with E-state index in [4.69, 9.17) is 28.4 Å². The van der Waals surface area contributed by atoms with Crippen LogP contribution in [0.15, 0.2) is 86.0 Å². The van der Waals surface area contributed by atoms with E-state index in [0.29, 0.717) is 37.9 Å². The van der Waals surface area contributed by atoms with Gasteiger partial charge in [-0.15, -0.1) is 8.78 Å². The molecule has 0 spiro atoms. The summed E-state index contributed by atoms with van der Waals surface area (Å²) in [4.78, 5) is 47.8. The van der Waals surface area contributed by atoms with Crippen molar-refractivity contribution in [2.24, 2.45) is 0 Å². The molecule has 1 aliphatic heterocycles. The van der Waals surface area contributed by atoms with Gasteiger partial charge in [0.2, 0.25) is 11.5 Å². The average molecular weight is 739 g/mol. The van der Waals surface area contributed by atoms with E-state index in [-0.39, 0.29) is 22.6 Å². The molecule has 0 aliphatic carbocycles. The molecule has 0 radical (unpaired) electrons. The molecule has 0 aromatic heterocycles. The van der Waals surface area contributed by atoms with Gasteiger partial charge < -0.3 is 37.9 Å². The summed E-state index contributed by atoms with van der Waals surface area (Å²) in [6, 6.07) is 14.4. The molecular weight excluding hydrogens is 698 g/mol. The average Bonchev–Trinajstić information content (AvgIpc) is 3.50. The first kappa shape index (κ1) is 39.9. The van der Waals surface area contributed by atoms with Crippen molar-refractivity contribution in [1.82, 2.24) is 0 Å². The summed E-state index contributed by atoms with van der Waals surface area (Å²) in [5.74, 6) is -3.58. The quantitative estimate of drug-likeness (QED) is 0.0430. The smallest absolute Gasteiger partial charge is 0.494 e. The minimum atomic E-state index is -4.11. The third-order valence-electron chi connectivity index (χ3n) is 7.50. The van der Waals surface area contributed by atoms with E-state index in [9.17, 15) is 28.0 Å². The van der Waals surface area contributed by atoms with Crippen LogP contribution in [0.5, 0.6) is 34.5 Å². The van der Waals surface area contributed by atoms with E-state index in [1.165, 1.54) is 24.3 Å². The Morgan fingerprint density at radius 1 is 0.547 bits per heavy atom. The van der Waals surface area contributed by atoms with Crippen molar-refractivity contribution in [2.75, 3.05) is 26.4 Å². The maximum absolute atomic E-state index is 14.2. The fourth-order valence-corrected chi connectivity index (χ4v) is 4.79. The van der Waals surface area contributed by atoms with Crippen molar-refractivity contribution >= 4 is 23.9 Å². The molecule has 0 bridgehead atoms. The minimum absolute atomic E-state index is 0.109. The van der Waals surface area contributed by atoms with Gasteiger partial charge in [0, 0.05) is 12.2 Å². The molecule has 282 valence electrons. The summed E-state index contributed by atoms with van der Waals surface area (Å²) in [7, 11) is 0. The van der Waals surface area contributed by atoms with Crippen molar-refractivity contribution in [2.45, 2.75) is 57.7 Å². The number of carbonyl (C=O) groups is 4. The molecule has 0 atom stereocenters. The summed E-state index contributed by atoms with van der Waals surface area (Å²) in [5.41, 5.74) is 0.218. The van der Waals surface area contributed by atoms with E-state index in [1.807, 2.05) is 0 Å². The SMILES string of the molecule is C=CC(=O)OCCCCCCOc1ccc(C(=O)Oc2ccc(OC(=O)c3ccc(OCCCCCCOC(=O)C=C)cc3)c3c2OC(F)(F)O3)cc1. The third-order valence-corrected chi connectivity index (χ3v) is 7.50. The number of ether oxygens (including phenoxy) is 8. The minimum Gasteiger partial charge on any atom is -0.494 e. The van der Waals surface area contributed by atoms with Gasteiger partial charge in [-0.25, -0.2) is 19.2 Å². The number of rotatable bonds is 22. The lowest BCUT2D eigenvalue weighted by molar-refractivity contribution is -0.287. The Bertz CT molecular complexity index is 1600. The molecule has 3 aromatic rings. The summed E-state index contributed by atoms with van der Waals surface area (Å²) >= 11 is 0. The molecule has 4 rings (SSSR count). The molecular formula is C39H40F2O12. The number of carbonyl (C=O) groups excluding carboxylic acids is 4. The van der Waals surface area contributed by atoms with Crippen LogP contribution in [-0.2, 0) is 19.1 Å². The fourth-order valence-electron chi connectivity index (χ4n) is 4.79. The van der Waals surface area contributed by atoms with Crippen LogP contribution in [0.25, 0.3) is 0 Å². The number of benzene rings is 3. The van der Waals surface area contributed by atoms with Crippen LogP contribution in [0.3, 0.4) is 0 Å². The molecule has 0 saturated heterocycles. The van der Waals surface area contributed by atoms with Gasteiger partial charge >= 0.3 is 30.2 Å². The van der Waals surface area contributed by atoms with E-state index in [0.717, 1.165) is 75.7 Å². The predicted octanol–water partition coefficient (Wildman–Crippen LogP) is 7.78. The monoisotopic (exact) mass is 738 g/mol. The lowest BCUT2D eigenvalue weighted by atomic mass is 10.2. The Hall–Kier alpha value is -5.92. The number of halogens is 2. The molecule has 1 heterocycles. The van der Waals surface area contributed by atoms with E-state index in [1.54, 1.807) is 24.3 Å².